The van der Waals surface area contributed by atoms with Gasteiger partial charge in [0.05, 0.1) is 6.10 Å². The predicted octanol–water partition coefficient (Wildman–Crippen LogP) is 1.30. The monoisotopic (exact) mass is 140 g/mol. The molecule has 2 heteroatoms. The fourth-order valence-corrected chi connectivity index (χ4v) is 0.644. The molecule has 0 heterocycles. The van der Waals surface area contributed by atoms with Crippen LogP contribution in [0.3, 0.4) is 0 Å². The second-order valence-corrected chi connectivity index (χ2v) is 2.20. The Labute approximate surface area is 80.1 Å². The van der Waals surface area contributed by atoms with E-state index in [1.165, 1.54) is 6.42 Å². The van der Waals surface area contributed by atoms with Crippen molar-refractivity contribution in [3.63, 3.8) is 0 Å². The number of rotatable bonds is 4. The average molecular weight is 140 g/mol. The summed E-state index contributed by atoms with van der Waals surface area (Å²) in [6.45, 7) is 4.16. The van der Waals surface area contributed by atoms with Crippen LogP contribution in [0.25, 0.3) is 0 Å². The molecule has 1 N–H and O–H groups in total. The van der Waals surface area contributed by atoms with Crippen molar-refractivity contribution >= 4 is 29.6 Å². The number of unbranched alkanes of at least 4 members (excludes halogenated alkanes) is 1. The van der Waals surface area contributed by atoms with E-state index >= 15 is 0 Å². The summed E-state index contributed by atoms with van der Waals surface area (Å²) in [5.74, 6) is 0. The minimum atomic E-state index is -0.0463. The fraction of sp³-hybridized carbons (Fsp3) is 1.00. The van der Waals surface area contributed by atoms with Gasteiger partial charge in [0.25, 0.3) is 0 Å². The topological polar surface area (TPSA) is 20.2 Å². The van der Waals surface area contributed by atoms with Crippen molar-refractivity contribution < 1.29 is 5.11 Å². The normalized spacial score (nSPS) is 12.3. The van der Waals surface area contributed by atoms with Crippen LogP contribution in [0.2, 0.25) is 0 Å². The molecule has 0 aromatic rings. The Morgan fingerprint density at radius 2 is 1.89 bits per heavy atom. The maximum atomic E-state index is 8.99. The van der Waals surface area contributed by atoms with Gasteiger partial charge in [-0.3, -0.25) is 0 Å². The molecule has 9 heavy (non-hydrogen) atoms. The summed E-state index contributed by atoms with van der Waals surface area (Å²) in [7, 11) is 0. The van der Waals surface area contributed by atoms with E-state index < -0.39 is 0 Å². The predicted molar refractivity (Wildman–Crippen MR) is 43.0 cm³/mol. The molecule has 0 radical (unpaired) electrons. The van der Waals surface area contributed by atoms with Gasteiger partial charge in [-0.15, -0.1) is 0 Å². The zero-order valence-corrected chi connectivity index (χ0v) is 5.85. The molecule has 0 saturated carbocycles. The molecule has 0 aromatic heterocycles. The molecule has 0 spiro atoms. The van der Waals surface area contributed by atoms with Crippen molar-refractivity contribution in [3.05, 3.63) is 0 Å². The molecule has 1 nitrogen and oxygen atoms in total. The van der Waals surface area contributed by atoms with Gasteiger partial charge in [0, 0.05) is 0 Å². The molecule has 0 aromatic carbocycles. The Kier molecular flexibility index (Phi) is 12.6. The van der Waals surface area contributed by atoms with Crippen LogP contribution >= 0.6 is 0 Å². The van der Waals surface area contributed by atoms with E-state index in [4.69, 9.17) is 5.11 Å². The summed E-state index contributed by atoms with van der Waals surface area (Å²) in [5, 5.41) is 8.99. The van der Waals surface area contributed by atoms with Gasteiger partial charge in [0.2, 0.25) is 0 Å². The Morgan fingerprint density at radius 1 is 1.33 bits per heavy atom. The van der Waals surface area contributed by atoms with E-state index in [1.807, 2.05) is 6.92 Å². The quantitative estimate of drug-likeness (QED) is 0.583. The summed E-state index contributed by atoms with van der Waals surface area (Å²) in [4.78, 5) is 0. The van der Waals surface area contributed by atoms with Gasteiger partial charge < -0.3 is 5.11 Å². The van der Waals surface area contributed by atoms with Crippen molar-refractivity contribution in [3.8, 4) is 0 Å². The molecule has 52 valence electrons. The molecule has 0 aliphatic heterocycles. The molecule has 0 amide bonds. The van der Waals surface area contributed by atoms with E-state index in [1.54, 1.807) is 0 Å². The average Bonchev–Trinajstić information content (AvgIpc) is 1.83. The summed E-state index contributed by atoms with van der Waals surface area (Å²) < 4.78 is 0. The van der Waals surface area contributed by atoms with Crippen LogP contribution in [0.1, 0.15) is 39.5 Å². The third kappa shape index (κ3) is 8.96. The van der Waals surface area contributed by atoms with Gasteiger partial charge in [0.15, 0.2) is 0 Å². The van der Waals surface area contributed by atoms with E-state index in [0.717, 1.165) is 19.3 Å². The Hall–Kier alpha value is 0.960. The third-order valence-electron chi connectivity index (χ3n) is 1.36. The Bertz CT molecular complexity index is 48.2. The number of hydrogen-bond acceptors (Lipinski definition) is 1. The zero-order valence-electron chi connectivity index (χ0n) is 5.85. The fourth-order valence-electron chi connectivity index (χ4n) is 0.644. The summed E-state index contributed by atoms with van der Waals surface area (Å²) in [6.07, 6.45) is 4.19. The molecule has 0 rings (SSSR count). The van der Waals surface area contributed by atoms with Gasteiger partial charge in [0.1, 0.15) is 0 Å². The van der Waals surface area contributed by atoms with Crippen LogP contribution in [-0.4, -0.2) is 40.8 Å². The molecular formula is C7H17NaO. The minimum absolute atomic E-state index is 0. The van der Waals surface area contributed by atoms with Gasteiger partial charge >= 0.3 is 29.6 Å². The Morgan fingerprint density at radius 3 is 2.22 bits per heavy atom. The van der Waals surface area contributed by atoms with Crippen LogP contribution in [0.5, 0.6) is 0 Å². The van der Waals surface area contributed by atoms with Crippen LogP contribution in [0.15, 0.2) is 0 Å². The summed E-state index contributed by atoms with van der Waals surface area (Å²) in [5.41, 5.74) is 0. The first kappa shape index (κ1) is 12.6. The molecule has 0 fully saturated rings. The van der Waals surface area contributed by atoms with Gasteiger partial charge in [-0.1, -0.05) is 26.7 Å². The van der Waals surface area contributed by atoms with Crippen molar-refractivity contribution in [2.75, 3.05) is 0 Å². The summed E-state index contributed by atoms with van der Waals surface area (Å²) in [6, 6.07) is 0. The first-order valence-electron chi connectivity index (χ1n) is 3.49. The van der Waals surface area contributed by atoms with Crippen molar-refractivity contribution in [1.29, 1.82) is 0 Å². The summed E-state index contributed by atoms with van der Waals surface area (Å²) >= 11 is 0. The SMILES string of the molecule is CCCCC(O)CC.[NaH]. The van der Waals surface area contributed by atoms with E-state index in [0.29, 0.717) is 0 Å². The van der Waals surface area contributed by atoms with Gasteiger partial charge in [-0.2, -0.15) is 0 Å². The van der Waals surface area contributed by atoms with Gasteiger partial charge in [-0.25, -0.2) is 0 Å². The number of aliphatic hydroxyl groups excluding tert-OH is 1. The second-order valence-electron chi connectivity index (χ2n) is 2.20. The first-order chi connectivity index (χ1) is 3.81. The molecule has 0 aliphatic rings. The standard InChI is InChI=1S/C7H16O.Na.H/c1-3-5-6-7(8)4-2;;/h7-8H,3-6H2,1-2H3;;. The van der Waals surface area contributed by atoms with E-state index in [2.05, 4.69) is 6.92 Å². The van der Waals surface area contributed by atoms with Crippen LogP contribution in [-0.2, 0) is 0 Å². The molecule has 0 bridgehead atoms. The molecule has 0 saturated heterocycles. The Balaban J connectivity index is 0. The molecule has 1 unspecified atom stereocenters. The van der Waals surface area contributed by atoms with E-state index in [-0.39, 0.29) is 35.7 Å². The van der Waals surface area contributed by atoms with Gasteiger partial charge in [-0.05, 0) is 12.8 Å². The third-order valence-corrected chi connectivity index (χ3v) is 1.36. The van der Waals surface area contributed by atoms with Crippen molar-refractivity contribution in [1.82, 2.24) is 0 Å². The van der Waals surface area contributed by atoms with Crippen LogP contribution in [0, 0.1) is 0 Å². The van der Waals surface area contributed by atoms with Crippen molar-refractivity contribution in [2.45, 2.75) is 45.6 Å². The first-order valence-corrected chi connectivity index (χ1v) is 3.49. The number of hydrogen-bond donors (Lipinski definition) is 1. The second kappa shape index (κ2) is 8.96. The molecule has 1 atom stereocenters. The van der Waals surface area contributed by atoms with Crippen LogP contribution < -0.4 is 0 Å². The zero-order chi connectivity index (χ0) is 6.41. The van der Waals surface area contributed by atoms with Crippen molar-refractivity contribution in [2.24, 2.45) is 0 Å². The molecular weight excluding hydrogens is 123 g/mol. The maximum absolute atomic E-state index is 8.99. The van der Waals surface area contributed by atoms with Crippen LogP contribution in [0.4, 0.5) is 0 Å². The molecule has 0 aliphatic carbocycles. The van der Waals surface area contributed by atoms with E-state index in [9.17, 15) is 0 Å². The number of aliphatic hydroxyl groups is 1.